The minimum Gasteiger partial charge on any atom is -0.360 e. The number of carbonyl (C=O) groups is 2. The molecule has 7 nitrogen and oxygen atoms in total. The van der Waals surface area contributed by atoms with Crippen molar-refractivity contribution in [2.45, 2.75) is 19.8 Å². The maximum atomic E-state index is 12.2. The second-order valence-electron chi connectivity index (χ2n) is 5.77. The summed E-state index contributed by atoms with van der Waals surface area (Å²) in [7, 11) is 1.94. The number of aryl methyl sites for hydroxylation is 1. The van der Waals surface area contributed by atoms with E-state index in [9.17, 15) is 9.59 Å². The van der Waals surface area contributed by atoms with Gasteiger partial charge in [-0.2, -0.15) is 0 Å². The molecule has 136 valence electrons. The van der Waals surface area contributed by atoms with Crippen LogP contribution in [0.5, 0.6) is 0 Å². The first-order chi connectivity index (χ1) is 11.1. The fraction of sp³-hybridized carbons (Fsp3) is 0.667. The van der Waals surface area contributed by atoms with Crippen LogP contribution in [0.4, 0.5) is 5.82 Å². The zero-order valence-corrected chi connectivity index (χ0v) is 15.7. The molecule has 1 unspecified atom stereocenters. The lowest BCUT2D eigenvalue weighted by Crippen LogP contribution is -2.43. The normalized spacial score (nSPS) is 17.2. The molecule has 1 saturated heterocycles. The van der Waals surface area contributed by atoms with E-state index in [0.29, 0.717) is 23.2 Å². The van der Waals surface area contributed by atoms with Gasteiger partial charge in [-0.25, -0.2) is 0 Å². The van der Waals surface area contributed by atoms with E-state index >= 15 is 0 Å². The Morgan fingerprint density at radius 3 is 2.92 bits per heavy atom. The predicted molar refractivity (Wildman–Crippen MR) is 97.7 cm³/mol. The molecule has 1 aromatic heterocycles. The first-order valence-corrected chi connectivity index (χ1v) is 8.97. The molecule has 2 N–H and O–H groups in total. The van der Waals surface area contributed by atoms with Crippen molar-refractivity contribution in [1.82, 2.24) is 15.4 Å². The highest BCUT2D eigenvalue weighted by Crippen LogP contribution is 2.17. The molecule has 0 spiro atoms. The minimum atomic E-state index is -0.178. The number of anilines is 1. The second-order valence-corrected chi connectivity index (χ2v) is 6.76. The largest absolute Gasteiger partial charge is 0.360 e. The van der Waals surface area contributed by atoms with Crippen LogP contribution >= 0.6 is 24.2 Å². The molecule has 1 aliphatic rings. The number of nitrogens with zero attached hydrogens (tertiary/aromatic N) is 2. The van der Waals surface area contributed by atoms with Gasteiger partial charge < -0.3 is 20.1 Å². The predicted octanol–water partition coefficient (Wildman–Crippen LogP) is 1.53. The maximum Gasteiger partial charge on any atom is 0.235 e. The summed E-state index contributed by atoms with van der Waals surface area (Å²) in [5, 5.41) is 9.51. The van der Waals surface area contributed by atoms with Gasteiger partial charge in [-0.15, -0.1) is 24.2 Å². The number of likely N-dealkylation sites (tertiary alicyclic amines) is 1. The summed E-state index contributed by atoms with van der Waals surface area (Å²) in [5.74, 6) is 2.07. The van der Waals surface area contributed by atoms with Crippen LogP contribution in [-0.2, 0) is 9.59 Å². The monoisotopic (exact) mass is 376 g/mol. The van der Waals surface area contributed by atoms with Gasteiger partial charge in [-0.05, 0) is 39.3 Å². The van der Waals surface area contributed by atoms with Crippen molar-refractivity contribution in [2.24, 2.45) is 5.92 Å². The van der Waals surface area contributed by atoms with Gasteiger partial charge in [-0.3, -0.25) is 9.59 Å². The minimum absolute atomic E-state index is 0. The van der Waals surface area contributed by atoms with E-state index < -0.39 is 0 Å². The molecule has 24 heavy (non-hydrogen) atoms. The summed E-state index contributed by atoms with van der Waals surface area (Å²) < 4.78 is 4.88. The van der Waals surface area contributed by atoms with Gasteiger partial charge in [0.15, 0.2) is 5.82 Å². The molecule has 0 radical (unpaired) electrons. The Kier molecular flexibility index (Phi) is 9.17. The number of hydrogen-bond donors (Lipinski definition) is 2. The number of rotatable bonds is 7. The molecule has 0 bridgehead atoms. The standard InChI is InChI=1S/C15H24N4O3S.ClH/c1-11-6-13(18-22-11)17-14(20)9-23-10-15(21)19-5-3-4-12(8-19)7-16-2;/h6,12,16H,3-5,7-10H2,1-2H3,(H,17,18,20);1H. The number of thioether (sulfide) groups is 1. The first kappa shape index (κ1) is 20.8. The number of carbonyl (C=O) groups excluding carboxylic acids is 2. The van der Waals surface area contributed by atoms with Crippen LogP contribution < -0.4 is 10.6 Å². The zero-order chi connectivity index (χ0) is 16.7. The molecule has 2 rings (SSSR count). The van der Waals surface area contributed by atoms with E-state index in [-0.39, 0.29) is 30.0 Å². The summed E-state index contributed by atoms with van der Waals surface area (Å²) in [6, 6.07) is 1.66. The average Bonchev–Trinajstić information content (AvgIpc) is 2.92. The van der Waals surface area contributed by atoms with E-state index in [4.69, 9.17) is 4.52 Å². The van der Waals surface area contributed by atoms with Crippen LogP contribution in [0.25, 0.3) is 0 Å². The summed E-state index contributed by atoms with van der Waals surface area (Å²) in [6.45, 7) is 4.33. The Hall–Kier alpha value is -1.25. The van der Waals surface area contributed by atoms with Crippen molar-refractivity contribution in [3.63, 3.8) is 0 Å². The summed E-state index contributed by atoms with van der Waals surface area (Å²) in [4.78, 5) is 25.9. The van der Waals surface area contributed by atoms with Crippen LogP contribution in [-0.4, -0.2) is 60.1 Å². The lowest BCUT2D eigenvalue weighted by atomic mass is 9.98. The molecule has 0 aromatic carbocycles. The molecule has 1 fully saturated rings. The Morgan fingerprint density at radius 1 is 1.46 bits per heavy atom. The molecule has 0 aliphatic carbocycles. The average molecular weight is 377 g/mol. The van der Waals surface area contributed by atoms with E-state index in [1.807, 2.05) is 11.9 Å². The van der Waals surface area contributed by atoms with Crippen molar-refractivity contribution in [3.05, 3.63) is 11.8 Å². The Bertz CT molecular complexity index is 539. The lowest BCUT2D eigenvalue weighted by molar-refractivity contribution is -0.130. The fourth-order valence-corrected chi connectivity index (χ4v) is 3.39. The van der Waals surface area contributed by atoms with Crippen molar-refractivity contribution in [3.8, 4) is 0 Å². The molecule has 9 heteroatoms. The maximum absolute atomic E-state index is 12.2. The van der Waals surface area contributed by atoms with Crippen LogP contribution in [0.1, 0.15) is 18.6 Å². The van der Waals surface area contributed by atoms with Crippen molar-refractivity contribution < 1.29 is 14.1 Å². The third-order valence-electron chi connectivity index (χ3n) is 3.72. The molecule has 2 heterocycles. The van der Waals surface area contributed by atoms with Gasteiger partial charge >= 0.3 is 0 Å². The van der Waals surface area contributed by atoms with Gasteiger partial charge in [0.25, 0.3) is 0 Å². The Labute approximate surface area is 152 Å². The van der Waals surface area contributed by atoms with Crippen molar-refractivity contribution in [1.29, 1.82) is 0 Å². The molecule has 0 saturated carbocycles. The van der Waals surface area contributed by atoms with Crippen LogP contribution in [0, 0.1) is 12.8 Å². The molecule has 1 aromatic rings. The molecule has 1 aliphatic heterocycles. The van der Waals surface area contributed by atoms with Crippen molar-refractivity contribution >= 4 is 41.8 Å². The molecular weight excluding hydrogens is 352 g/mol. The zero-order valence-electron chi connectivity index (χ0n) is 14.0. The van der Waals surface area contributed by atoms with Gasteiger partial charge in [0.1, 0.15) is 5.76 Å². The van der Waals surface area contributed by atoms with E-state index in [1.165, 1.54) is 11.8 Å². The Morgan fingerprint density at radius 2 is 2.25 bits per heavy atom. The molecule has 1 atom stereocenters. The summed E-state index contributed by atoms with van der Waals surface area (Å²) in [5.41, 5.74) is 0. The fourth-order valence-electron chi connectivity index (χ4n) is 2.67. The van der Waals surface area contributed by atoms with E-state index in [0.717, 1.165) is 32.5 Å². The van der Waals surface area contributed by atoms with Crippen LogP contribution in [0.3, 0.4) is 0 Å². The highest BCUT2D eigenvalue weighted by Gasteiger charge is 2.23. The molecular formula is C15H25ClN4O3S. The number of hydrogen-bond acceptors (Lipinski definition) is 6. The number of nitrogens with one attached hydrogen (secondary N) is 2. The number of amides is 2. The highest BCUT2D eigenvalue weighted by molar-refractivity contribution is 8.00. The van der Waals surface area contributed by atoms with Crippen LogP contribution in [0.15, 0.2) is 10.6 Å². The number of aromatic nitrogens is 1. The van der Waals surface area contributed by atoms with Crippen molar-refractivity contribution in [2.75, 3.05) is 43.5 Å². The second kappa shape index (κ2) is 10.6. The summed E-state index contributed by atoms with van der Waals surface area (Å²) in [6.07, 6.45) is 2.21. The lowest BCUT2D eigenvalue weighted by Gasteiger charge is -2.32. The van der Waals surface area contributed by atoms with Gasteiger partial charge in [-0.1, -0.05) is 5.16 Å². The van der Waals surface area contributed by atoms with Gasteiger partial charge in [0.2, 0.25) is 11.8 Å². The van der Waals surface area contributed by atoms with Gasteiger partial charge in [0, 0.05) is 19.2 Å². The van der Waals surface area contributed by atoms with Gasteiger partial charge in [0.05, 0.1) is 11.5 Å². The third kappa shape index (κ3) is 6.70. The SMILES string of the molecule is CNCC1CCCN(C(=O)CSCC(=O)Nc2cc(C)on2)C1.Cl. The number of halogens is 1. The van der Waals surface area contributed by atoms with E-state index in [1.54, 1.807) is 13.0 Å². The quantitative estimate of drug-likeness (QED) is 0.750. The topological polar surface area (TPSA) is 87.5 Å². The van der Waals surface area contributed by atoms with E-state index in [2.05, 4.69) is 15.8 Å². The molecule has 2 amide bonds. The summed E-state index contributed by atoms with van der Waals surface area (Å²) >= 11 is 1.33. The third-order valence-corrected chi connectivity index (χ3v) is 4.64. The smallest absolute Gasteiger partial charge is 0.235 e. The number of piperidine rings is 1. The van der Waals surface area contributed by atoms with Crippen LogP contribution in [0.2, 0.25) is 0 Å². The first-order valence-electron chi connectivity index (χ1n) is 7.81. The Balaban J connectivity index is 0.00000288. The highest BCUT2D eigenvalue weighted by atomic mass is 35.5.